The molecule has 0 radical (unpaired) electrons. The van der Waals surface area contributed by atoms with Crippen molar-refractivity contribution in [3.63, 3.8) is 0 Å². The maximum atomic E-state index is 10.5. The Balaban J connectivity index is -0.000000242. The third-order valence-electron chi connectivity index (χ3n) is 1.28. The predicted molar refractivity (Wildman–Crippen MR) is 80.7 cm³/mol. The molecule has 0 heterocycles. The van der Waals surface area contributed by atoms with E-state index >= 15 is 0 Å². The molecule has 21 heavy (non-hydrogen) atoms. The molecule has 120 valence electrons. The lowest BCUT2D eigenvalue weighted by Crippen LogP contribution is -2.22. The van der Waals surface area contributed by atoms with Crippen molar-refractivity contribution in [2.24, 2.45) is 0 Å². The zero-order valence-electron chi connectivity index (χ0n) is 13.3. The van der Waals surface area contributed by atoms with Gasteiger partial charge in [0.05, 0.1) is 7.11 Å². The van der Waals surface area contributed by atoms with E-state index in [0.29, 0.717) is 5.57 Å². The molecular formula is C15H24O6. The number of carbonyl (C=O) groups excluding carboxylic acids is 2. The highest BCUT2D eigenvalue weighted by molar-refractivity contribution is 5.86. The van der Waals surface area contributed by atoms with Gasteiger partial charge in [-0.2, -0.15) is 0 Å². The monoisotopic (exact) mass is 300 g/mol. The molecule has 0 rings (SSSR count). The second kappa shape index (κ2) is 12.7. The molecule has 0 atom stereocenters. The van der Waals surface area contributed by atoms with Gasteiger partial charge >= 0.3 is 17.9 Å². The van der Waals surface area contributed by atoms with Crippen LogP contribution in [0.15, 0.2) is 37.5 Å². The molecule has 0 aromatic heterocycles. The maximum absolute atomic E-state index is 10.5. The molecule has 0 aromatic rings. The average Bonchev–Trinajstić information content (AvgIpc) is 2.36. The van der Waals surface area contributed by atoms with Crippen LogP contribution in [0.2, 0.25) is 0 Å². The summed E-state index contributed by atoms with van der Waals surface area (Å²) in [5.74, 6) is -1.70. The molecule has 0 aliphatic rings. The molecule has 0 amide bonds. The Hall–Kier alpha value is -2.37. The Morgan fingerprint density at radius 1 is 1.10 bits per heavy atom. The zero-order valence-corrected chi connectivity index (χ0v) is 13.3. The van der Waals surface area contributed by atoms with Crippen molar-refractivity contribution in [3.05, 3.63) is 37.5 Å². The van der Waals surface area contributed by atoms with Crippen molar-refractivity contribution in [3.8, 4) is 0 Å². The van der Waals surface area contributed by atoms with Gasteiger partial charge in [-0.25, -0.2) is 14.4 Å². The number of ether oxygens (including phenoxy) is 2. The molecule has 0 aliphatic heterocycles. The van der Waals surface area contributed by atoms with E-state index in [1.807, 2.05) is 20.8 Å². The number of carboxylic acids is 1. The molecule has 0 spiro atoms. The molecule has 0 saturated carbocycles. The Kier molecular flexibility index (Phi) is 14.3. The van der Waals surface area contributed by atoms with Crippen LogP contribution < -0.4 is 0 Å². The van der Waals surface area contributed by atoms with Crippen molar-refractivity contribution >= 4 is 17.9 Å². The van der Waals surface area contributed by atoms with Gasteiger partial charge in [-0.3, -0.25) is 0 Å². The first-order valence-electron chi connectivity index (χ1n) is 5.85. The van der Waals surface area contributed by atoms with Crippen molar-refractivity contribution < 1.29 is 29.0 Å². The molecule has 0 saturated heterocycles. The zero-order chi connectivity index (χ0) is 17.6. The number of methoxy groups -OCH3 is 1. The van der Waals surface area contributed by atoms with E-state index in [1.165, 1.54) is 7.11 Å². The van der Waals surface area contributed by atoms with E-state index in [9.17, 15) is 14.4 Å². The Labute approximate surface area is 125 Å². The lowest BCUT2D eigenvalue weighted by molar-refractivity contribution is -0.148. The highest BCUT2D eigenvalue weighted by Crippen LogP contribution is 2.06. The van der Waals surface area contributed by atoms with Crippen LogP contribution in [0.5, 0.6) is 0 Å². The summed E-state index contributed by atoms with van der Waals surface area (Å²) in [5, 5.41) is 7.60. The van der Waals surface area contributed by atoms with E-state index in [-0.39, 0.29) is 11.9 Å². The van der Waals surface area contributed by atoms with E-state index in [2.05, 4.69) is 24.5 Å². The van der Waals surface area contributed by atoms with Gasteiger partial charge in [-0.1, -0.05) is 19.7 Å². The molecule has 6 heteroatoms. The Morgan fingerprint density at radius 2 is 1.48 bits per heavy atom. The van der Waals surface area contributed by atoms with Crippen LogP contribution in [0, 0.1) is 0 Å². The van der Waals surface area contributed by atoms with Crippen LogP contribution in [0.25, 0.3) is 0 Å². The first kappa shape index (κ1) is 23.7. The van der Waals surface area contributed by atoms with Crippen LogP contribution in [0.3, 0.4) is 0 Å². The normalized spacial score (nSPS) is 8.62. The second-order valence-corrected chi connectivity index (χ2v) is 4.55. The fraction of sp³-hybridized carbons (Fsp3) is 0.400. The topological polar surface area (TPSA) is 89.9 Å². The van der Waals surface area contributed by atoms with Gasteiger partial charge < -0.3 is 14.6 Å². The van der Waals surface area contributed by atoms with E-state index in [1.54, 1.807) is 6.92 Å². The summed E-state index contributed by atoms with van der Waals surface area (Å²) < 4.78 is 9.10. The molecule has 1 N–H and O–H groups in total. The highest BCUT2D eigenvalue weighted by Gasteiger charge is 2.12. The van der Waals surface area contributed by atoms with Gasteiger partial charge in [0.15, 0.2) is 0 Å². The highest BCUT2D eigenvalue weighted by atomic mass is 16.6. The van der Waals surface area contributed by atoms with Gasteiger partial charge in [0, 0.05) is 17.7 Å². The first-order valence-corrected chi connectivity index (χ1v) is 5.85. The fourth-order valence-electron chi connectivity index (χ4n) is 0.518. The third-order valence-corrected chi connectivity index (χ3v) is 1.28. The third kappa shape index (κ3) is 27.0. The molecule has 0 aliphatic carbocycles. The fourth-order valence-corrected chi connectivity index (χ4v) is 0.518. The van der Waals surface area contributed by atoms with Crippen molar-refractivity contribution in [2.75, 3.05) is 7.11 Å². The minimum atomic E-state index is -0.981. The largest absolute Gasteiger partial charge is 0.478 e. The SMILES string of the molecule is C=C(C)C(=O)OC.C=CC(=O)O.C=CC(=O)OC(C)(C)C. The van der Waals surface area contributed by atoms with E-state index < -0.39 is 11.6 Å². The minimum Gasteiger partial charge on any atom is -0.478 e. The number of hydrogen-bond acceptors (Lipinski definition) is 5. The number of aliphatic carboxylic acids is 1. The summed E-state index contributed by atoms with van der Waals surface area (Å²) in [7, 11) is 1.33. The standard InChI is InChI=1S/C7H12O2.C5H8O2.C3H4O2/c1-5-6(8)9-7(2,3)4;1-4(2)5(6)7-3;1-2-3(4)5/h5H,1H2,2-4H3;1H2,2-3H3;2H,1H2,(H,4,5). The predicted octanol–water partition coefficient (Wildman–Crippen LogP) is 2.51. The number of carboxylic acid groups (broad SMARTS) is 1. The van der Waals surface area contributed by atoms with Crippen LogP contribution in [-0.4, -0.2) is 35.7 Å². The molecule has 0 aromatic carbocycles. The van der Waals surface area contributed by atoms with Crippen molar-refractivity contribution in [1.82, 2.24) is 0 Å². The van der Waals surface area contributed by atoms with Crippen molar-refractivity contribution in [1.29, 1.82) is 0 Å². The summed E-state index contributed by atoms with van der Waals surface area (Å²) in [6, 6.07) is 0. The summed E-state index contributed by atoms with van der Waals surface area (Å²) in [5.41, 5.74) is 0.0353. The van der Waals surface area contributed by atoms with Gasteiger partial charge in [-0.05, 0) is 27.7 Å². The molecule has 0 unspecified atom stereocenters. The Morgan fingerprint density at radius 3 is 1.52 bits per heavy atom. The number of rotatable bonds is 3. The molecule has 0 fully saturated rings. The maximum Gasteiger partial charge on any atom is 0.332 e. The van der Waals surface area contributed by atoms with Gasteiger partial charge in [0.1, 0.15) is 5.60 Å². The van der Waals surface area contributed by atoms with Crippen LogP contribution >= 0.6 is 0 Å². The van der Waals surface area contributed by atoms with E-state index in [4.69, 9.17) is 9.84 Å². The van der Waals surface area contributed by atoms with Gasteiger partial charge in [0.25, 0.3) is 0 Å². The first-order chi connectivity index (χ1) is 9.41. The lowest BCUT2D eigenvalue weighted by atomic mass is 10.2. The quantitative estimate of drug-likeness (QED) is 0.636. The summed E-state index contributed by atoms with van der Waals surface area (Å²) in [6.07, 6.45) is 1.99. The number of carbonyl (C=O) groups is 3. The van der Waals surface area contributed by atoms with Crippen molar-refractivity contribution in [2.45, 2.75) is 33.3 Å². The number of esters is 2. The molecule has 0 bridgehead atoms. The van der Waals surface area contributed by atoms with Gasteiger partial charge in [0.2, 0.25) is 0 Å². The summed E-state index contributed by atoms with van der Waals surface area (Å²) >= 11 is 0. The summed E-state index contributed by atoms with van der Waals surface area (Å²) in [4.78, 5) is 29.9. The smallest absolute Gasteiger partial charge is 0.332 e. The van der Waals surface area contributed by atoms with E-state index in [0.717, 1.165) is 12.2 Å². The van der Waals surface area contributed by atoms with Crippen LogP contribution in [0.1, 0.15) is 27.7 Å². The number of hydrogen-bond donors (Lipinski definition) is 1. The lowest BCUT2D eigenvalue weighted by Gasteiger charge is -2.17. The Bertz CT molecular complexity index is 387. The molecular weight excluding hydrogens is 276 g/mol. The van der Waals surface area contributed by atoms with Gasteiger partial charge in [-0.15, -0.1) is 0 Å². The van der Waals surface area contributed by atoms with Crippen LogP contribution in [-0.2, 0) is 23.9 Å². The minimum absolute atomic E-state index is 0.347. The average molecular weight is 300 g/mol. The molecule has 6 nitrogen and oxygen atoms in total. The van der Waals surface area contributed by atoms with Crippen LogP contribution in [0.4, 0.5) is 0 Å². The second-order valence-electron chi connectivity index (χ2n) is 4.55. The summed E-state index contributed by atoms with van der Waals surface area (Å²) in [6.45, 7) is 16.6.